The summed E-state index contributed by atoms with van der Waals surface area (Å²) in [5, 5.41) is 3.53. The van der Waals surface area contributed by atoms with E-state index >= 15 is 0 Å². The Kier molecular flexibility index (Phi) is 6.65. The lowest BCUT2D eigenvalue weighted by Gasteiger charge is -2.37. The van der Waals surface area contributed by atoms with Crippen molar-refractivity contribution in [2.24, 2.45) is 11.8 Å². The first-order valence-electron chi connectivity index (χ1n) is 7.10. The number of methoxy groups -OCH3 is 1. The van der Waals surface area contributed by atoms with E-state index in [1.54, 1.807) is 0 Å². The molecule has 0 saturated carbocycles. The Hall–Kier alpha value is -0.610. The Morgan fingerprint density at radius 2 is 2.17 bits per heavy atom. The molecule has 0 bridgehead atoms. The van der Waals surface area contributed by atoms with Crippen LogP contribution in [0.1, 0.15) is 33.6 Å². The first kappa shape index (κ1) is 15.4. The lowest BCUT2D eigenvalue weighted by atomic mass is 9.93. The van der Waals surface area contributed by atoms with Crippen molar-refractivity contribution < 1.29 is 9.53 Å². The number of hydrogen-bond donors (Lipinski definition) is 1. The molecule has 0 aromatic carbocycles. The van der Waals surface area contributed by atoms with Crippen molar-refractivity contribution in [3.8, 4) is 0 Å². The highest BCUT2D eigenvalue weighted by molar-refractivity contribution is 5.72. The van der Waals surface area contributed by atoms with Gasteiger partial charge < -0.3 is 15.0 Å². The fourth-order valence-electron chi connectivity index (χ4n) is 2.69. The predicted octanol–water partition coefficient (Wildman–Crippen LogP) is 1.51. The van der Waals surface area contributed by atoms with E-state index in [2.05, 4.69) is 31.0 Å². The Morgan fingerprint density at radius 1 is 1.44 bits per heavy atom. The lowest BCUT2D eigenvalue weighted by Crippen LogP contribution is -2.52. The molecule has 1 heterocycles. The number of nitrogens with one attached hydrogen (secondary N) is 1. The van der Waals surface area contributed by atoms with Gasteiger partial charge in [0.25, 0.3) is 0 Å². The average molecular weight is 256 g/mol. The normalized spacial score (nSPS) is 25.4. The Bertz CT molecular complexity index is 256. The van der Waals surface area contributed by atoms with Crippen LogP contribution in [0.3, 0.4) is 0 Å². The van der Waals surface area contributed by atoms with Crippen LogP contribution in [-0.2, 0) is 9.53 Å². The van der Waals surface area contributed by atoms with E-state index in [9.17, 15) is 4.79 Å². The number of rotatable bonds is 6. The summed E-state index contributed by atoms with van der Waals surface area (Å²) in [7, 11) is 1.48. The molecule has 1 saturated heterocycles. The monoisotopic (exact) mass is 256 g/mol. The second-order valence-corrected chi connectivity index (χ2v) is 5.72. The maximum atomic E-state index is 11.7. The maximum Gasteiger partial charge on any atom is 0.310 e. The van der Waals surface area contributed by atoms with Crippen LogP contribution < -0.4 is 5.32 Å². The second kappa shape index (κ2) is 7.74. The first-order valence-corrected chi connectivity index (χ1v) is 7.10. The average Bonchev–Trinajstić information content (AvgIpc) is 2.34. The van der Waals surface area contributed by atoms with Crippen LogP contribution in [0.25, 0.3) is 0 Å². The SMILES string of the molecule is CCCNC1CC(C(=O)OC)CN(CC(C)C)C1. The minimum Gasteiger partial charge on any atom is -0.469 e. The molecule has 0 radical (unpaired) electrons. The van der Waals surface area contributed by atoms with Crippen LogP contribution in [0.15, 0.2) is 0 Å². The summed E-state index contributed by atoms with van der Waals surface area (Å²) in [6.07, 6.45) is 2.03. The zero-order valence-electron chi connectivity index (χ0n) is 12.2. The number of carbonyl (C=O) groups is 1. The van der Waals surface area contributed by atoms with Gasteiger partial charge in [0.1, 0.15) is 0 Å². The van der Waals surface area contributed by atoms with Gasteiger partial charge in [-0.1, -0.05) is 20.8 Å². The van der Waals surface area contributed by atoms with Crippen LogP contribution in [-0.4, -0.2) is 50.2 Å². The molecule has 1 aliphatic heterocycles. The van der Waals surface area contributed by atoms with Crippen molar-refractivity contribution in [3.05, 3.63) is 0 Å². The van der Waals surface area contributed by atoms with Crippen molar-refractivity contribution in [1.29, 1.82) is 0 Å². The molecule has 0 aliphatic carbocycles. The summed E-state index contributed by atoms with van der Waals surface area (Å²) in [4.78, 5) is 14.1. The summed E-state index contributed by atoms with van der Waals surface area (Å²) >= 11 is 0. The maximum absolute atomic E-state index is 11.7. The molecule has 4 heteroatoms. The highest BCUT2D eigenvalue weighted by Crippen LogP contribution is 2.19. The third-order valence-corrected chi connectivity index (χ3v) is 3.37. The van der Waals surface area contributed by atoms with Crippen LogP contribution in [0.2, 0.25) is 0 Å². The van der Waals surface area contributed by atoms with Gasteiger partial charge in [-0.2, -0.15) is 0 Å². The summed E-state index contributed by atoms with van der Waals surface area (Å²) in [6, 6.07) is 0.418. The van der Waals surface area contributed by atoms with Gasteiger partial charge in [-0.25, -0.2) is 0 Å². The van der Waals surface area contributed by atoms with Crippen molar-refractivity contribution in [3.63, 3.8) is 0 Å². The molecular formula is C14H28N2O2. The van der Waals surface area contributed by atoms with E-state index in [0.29, 0.717) is 12.0 Å². The molecule has 4 nitrogen and oxygen atoms in total. The quantitative estimate of drug-likeness (QED) is 0.731. The highest BCUT2D eigenvalue weighted by atomic mass is 16.5. The van der Waals surface area contributed by atoms with Crippen molar-refractivity contribution in [2.45, 2.75) is 39.7 Å². The molecular weight excluding hydrogens is 228 g/mol. The molecule has 0 spiro atoms. The Balaban J connectivity index is 2.56. The Morgan fingerprint density at radius 3 is 2.72 bits per heavy atom. The molecule has 18 heavy (non-hydrogen) atoms. The van der Waals surface area contributed by atoms with Crippen molar-refractivity contribution >= 4 is 5.97 Å². The van der Waals surface area contributed by atoms with E-state index in [4.69, 9.17) is 4.74 Å². The minimum atomic E-state index is -0.0632. The van der Waals surface area contributed by atoms with Gasteiger partial charge in [0.05, 0.1) is 13.0 Å². The summed E-state index contributed by atoms with van der Waals surface area (Å²) in [5.41, 5.74) is 0. The van der Waals surface area contributed by atoms with Crippen molar-refractivity contribution in [1.82, 2.24) is 10.2 Å². The number of likely N-dealkylation sites (tertiary alicyclic amines) is 1. The largest absolute Gasteiger partial charge is 0.469 e. The molecule has 0 aromatic rings. The summed E-state index contributed by atoms with van der Waals surface area (Å²) < 4.78 is 4.90. The van der Waals surface area contributed by atoms with E-state index in [0.717, 1.165) is 39.0 Å². The van der Waals surface area contributed by atoms with Gasteiger partial charge in [0.2, 0.25) is 0 Å². The van der Waals surface area contributed by atoms with Crippen LogP contribution in [0, 0.1) is 11.8 Å². The smallest absolute Gasteiger partial charge is 0.310 e. The zero-order chi connectivity index (χ0) is 13.5. The van der Waals surface area contributed by atoms with Crippen LogP contribution >= 0.6 is 0 Å². The number of ether oxygens (including phenoxy) is 1. The van der Waals surface area contributed by atoms with Crippen molar-refractivity contribution in [2.75, 3.05) is 33.3 Å². The molecule has 1 aliphatic rings. The topological polar surface area (TPSA) is 41.6 Å². The third-order valence-electron chi connectivity index (χ3n) is 3.37. The standard InChI is InChI=1S/C14H28N2O2/c1-5-6-15-13-7-12(14(17)18-4)9-16(10-13)8-11(2)3/h11-13,15H,5-10H2,1-4H3. The number of hydrogen-bond acceptors (Lipinski definition) is 4. The van der Waals surface area contributed by atoms with E-state index in [-0.39, 0.29) is 11.9 Å². The van der Waals surface area contributed by atoms with Gasteiger partial charge in [-0.3, -0.25) is 4.79 Å². The van der Waals surface area contributed by atoms with E-state index in [1.165, 1.54) is 7.11 Å². The summed E-state index contributed by atoms with van der Waals surface area (Å²) in [6.45, 7) is 10.6. The molecule has 0 aromatic heterocycles. The number of nitrogens with zero attached hydrogens (tertiary/aromatic N) is 1. The second-order valence-electron chi connectivity index (χ2n) is 5.72. The minimum absolute atomic E-state index is 0.0249. The molecule has 2 unspecified atom stereocenters. The fourth-order valence-corrected chi connectivity index (χ4v) is 2.69. The predicted molar refractivity (Wildman–Crippen MR) is 73.5 cm³/mol. The van der Waals surface area contributed by atoms with Crippen LogP contribution in [0.4, 0.5) is 0 Å². The Labute approximate surface area is 111 Å². The van der Waals surface area contributed by atoms with Gasteiger partial charge in [-0.05, 0) is 25.3 Å². The van der Waals surface area contributed by atoms with Gasteiger partial charge in [-0.15, -0.1) is 0 Å². The zero-order valence-corrected chi connectivity index (χ0v) is 12.2. The number of esters is 1. The summed E-state index contributed by atoms with van der Waals surface area (Å²) in [5.74, 6) is 0.594. The molecule has 106 valence electrons. The van der Waals surface area contributed by atoms with Crippen LogP contribution in [0.5, 0.6) is 0 Å². The van der Waals surface area contributed by atoms with E-state index < -0.39 is 0 Å². The molecule has 2 atom stereocenters. The van der Waals surface area contributed by atoms with Gasteiger partial charge in [0.15, 0.2) is 0 Å². The van der Waals surface area contributed by atoms with E-state index in [1.807, 2.05) is 0 Å². The molecule has 1 rings (SSSR count). The fraction of sp³-hybridized carbons (Fsp3) is 0.929. The lowest BCUT2D eigenvalue weighted by molar-refractivity contribution is -0.147. The van der Waals surface area contributed by atoms with Gasteiger partial charge >= 0.3 is 5.97 Å². The first-order chi connectivity index (χ1) is 8.56. The number of piperidine rings is 1. The number of carbonyl (C=O) groups excluding carboxylic acids is 1. The van der Waals surface area contributed by atoms with Gasteiger partial charge in [0, 0.05) is 25.7 Å². The molecule has 1 fully saturated rings. The highest BCUT2D eigenvalue weighted by Gasteiger charge is 2.31. The molecule has 1 N–H and O–H groups in total. The molecule has 0 amide bonds. The third kappa shape index (κ3) is 4.94.